The van der Waals surface area contributed by atoms with E-state index in [-0.39, 0.29) is 5.91 Å². The van der Waals surface area contributed by atoms with Gasteiger partial charge in [0.1, 0.15) is 0 Å². The standard InChI is InChI=1S/C23H20ClN3O/c1-15-13-25-11-10-20(15)23(28)27(19-8-6-18(24)7-9-19)14-17-4-3-5-22-21(17)12-16(2)26-22/h3-13,26H,14H2,1-2H3. The number of carbonyl (C=O) groups excluding carboxylic acids is 1. The van der Waals surface area contributed by atoms with Crippen molar-refractivity contribution < 1.29 is 4.79 Å². The maximum atomic E-state index is 13.5. The number of aromatic amines is 1. The Balaban J connectivity index is 1.80. The van der Waals surface area contributed by atoms with Crippen LogP contribution in [0.1, 0.15) is 27.2 Å². The zero-order valence-corrected chi connectivity index (χ0v) is 16.5. The maximum absolute atomic E-state index is 13.5. The molecule has 1 N–H and O–H groups in total. The molecule has 0 spiro atoms. The highest BCUT2D eigenvalue weighted by molar-refractivity contribution is 6.30. The van der Waals surface area contributed by atoms with Crippen molar-refractivity contribution in [3.63, 3.8) is 0 Å². The van der Waals surface area contributed by atoms with Crippen LogP contribution in [-0.4, -0.2) is 15.9 Å². The van der Waals surface area contributed by atoms with Crippen LogP contribution in [0.4, 0.5) is 5.69 Å². The van der Waals surface area contributed by atoms with Crippen molar-refractivity contribution in [2.75, 3.05) is 4.90 Å². The monoisotopic (exact) mass is 389 g/mol. The molecule has 1 amide bonds. The van der Waals surface area contributed by atoms with Gasteiger partial charge in [-0.1, -0.05) is 23.7 Å². The van der Waals surface area contributed by atoms with Crippen molar-refractivity contribution in [1.29, 1.82) is 0 Å². The van der Waals surface area contributed by atoms with E-state index in [2.05, 4.69) is 22.1 Å². The summed E-state index contributed by atoms with van der Waals surface area (Å²) in [6.45, 7) is 4.39. The minimum absolute atomic E-state index is 0.0634. The number of aryl methyl sites for hydroxylation is 2. The van der Waals surface area contributed by atoms with Gasteiger partial charge in [-0.15, -0.1) is 0 Å². The summed E-state index contributed by atoms with van der Waals surface area (Å²) < 4.78 is 0. The fourth-order valence-corrected chi connectivity index (χ4v) is 3.55. The number of benzene rings is 2. The minimum Gasteiger partial charge on any atom is -0.359 e. The van der Waals surface area contributed by atoms with E-state index < -0.39 is 0 Å². The molecule has 0 atom stereocenters. The number of amides is 1. The third kappa shape index (κ3) is 3.51. The largest absolute Gasteiger partial charge is 0.359 e. The van der Waals surface area contributed by atoms with E-state index in [1.807, 2.05) is 38.1 Å². The molecule has 4 nitrogen and oxygen atoms in total. The Morgan fingerprint density at radius 3 is 2.64 bits per heavy atom. The Labute approximate surface area is 168 Å². The first-order valence-electron chi connectivity index (χ1n) is 9.08. The third-order valence-electron chi connectivity index (χ3n) is 4.85. The molecular weight excluding hydrogens is 370 g/mol. The van der Waals surface area contributed by atoms with Crippen LogP contribution in [0.25, 0.3) is 10.9 Å². The molecule has 0 unspecified atom stereocenters. The lowest BCUT2D eigenvalue weighted by molar-refractivity contribution is 0.0984. The molecule has 0 fully saturated rings. The fraction of sp³-hybridized carbons (Fsp3) is 0.130. The zero-order valence-electron chi connectivity index (χ0n) is 15.7. The van der Waals surface area contributed by atoms with Crippen LogP contribution in [0.3, 0.4) is 0 Å². The number of hydrogen-bond acceptors (Lipinski definition) is 2. The number of fused-ring (bicyclic) bond motifs is 1. The molecule has 0 bridgehead atoms. The molecule has 2 heterocycles. The molecule has 0 saturated heterocycles. The molecule has 0 radical (unpaired) electrons. The van der Waals surface area contributed by atoms with Crippen molar-refractivity contribution in [2.45, 2.75) is 20.4 Å². The Bertz CT molecular complexity index is 1150. The average molecular weight is 390 g/mol. The molecule has 0 aliphatic carbocycles. The highest BCUT2D eigenvalue weighted by Crippen LogP contribution is 2.27. The Morgan fingerprint density at radius 2 is 1.89 bits per heavy atom. The molecule has 5 heteroatoms. The van der Waals surface area contributed by atoms with E-state index in [1.165, 1.54) is 0 Å². The van der Waals surface area contributed by atoms with Crippen LogP contribution in [-0.2, 0) is 6.54 Å². The van der Waals surface area contributed by atoms with Crippen LogP contribution in [0.5, 0.6) is 0 Å². The van der Waals surface area contributed by atoms with E-state index in [0.29, 0.717) is 17.1 Å². The van der Waals surface area contributed by atoms with Gasteiger partial charge < -0.3 is 9.88 Å². The third-order valence-corrected chi connectivity index (χ3v) is 5.10. The first kappa shape index (κ1) is 18.3. The number of halogens is 1. The Morgan fingerprint density at radius 1 is 1.11 bits per heavy atom. The zero-order chi connectivity index (χ0) is 19.7. The second kappa shape index (κ2) is 7.49. The van der Waals surface area contributed by atoms with Gasteiger partial charge in [0.25, 0.3) is 5.91 Å². The molecule has 0 aliphatic rings. The Hall–Kier alpha value is -3.11. The van der Waals surface area contributed by atoms with Gasteiger partial charge in [0.05, 0.1) is 6.54 Å². The molecule has 0 saturated carbocycles. The normalized spacial score (nSPS) is 11.0. The first-order valence-corrected chi connectivity index (χ1v) is 9.46. The van der Waals surface area contributed by atoms with E-state index in [1.54, 1.807) is 35.5 Å². The van der Waals surface area contributed by atoms with Crippen molar-refractivity contribution in [2.24, 2.45) is 0 Å². The smallest absolute Gasteiger partial charge is 0.258 e. The number of aromatic nitrogens is 2. The van der Waals surface area contributed by atoms with Crippen molar-refractivity contribution in [3.8, 4) is 0 Å². The highest BCUT2D eigenvalue weighted by atomic mass is 35.5. The predicted octanol–water partition coefficient (Wildman–Crippen LogP) is 5.68. The fourth-order valence-electron chi connectivity index (χ4n) is 3.43. The lowest BCUT2D eigenvalue weighted by Gasteiger charge is -2.24. The van der Waals surface area contributed by atoms with E-state index >= 15 is 0 Å². The van der Waals surface area contributed by atoms with Crippen molar-refractivity contribution >= 4 is 34.1 Å². The summed E-state index contributed by atoms with van der Waals surface area (Å²) in [7, 11) is 0. The predicted molar refractivity (Wildman–Crippen MR) is 114 cm³/mol. The Kier molecular flexibility index (Phi) is 4.88. The second-order valence-electron chi connectivity index (χ2n) is 6.89. The van der Waals surface area contributed by atoms with Crippen LogP contribution >= 0.6 is 11.6 Å². The number of rotatable bonds is 4. The molecule has 2 aromatic carbocycles. The van der Waals surface area contributed by atoms with Crippen LogP contribution in [0.15, 0.2) is 67.0 Å². The van der Waals surface area contributed by atoms with Gasteiger partial charge in [0, 0.05) is 45.3 Å². The van der Waals surface area contributed by atoms with Gasteiger partial charge in [-0.3, -0.25) is 9.78 Å². The first-order chi connectivity index (χ1) is 13.5. The summed E-state index contributed by atoms with van der Waals surface area (Å²) in [4.78, 5) is 22.7. The summed E-state index contributed by atoms with van der Waals surface area (Å²) in [5.74, 6) is -0.0634. The molecule has 28 heavy (non-hydrogen) atoms. The maximum Gasteiger partial charge on any atom is 0.258 e. The number of pyridine rings is 1. The number of nitrogens with zero attached hydrogens (tertiary/aromatic N) is 2. The molecular formula is C23H20ClN3O. The summed E-state index contributed by atoms with van der Waals surface area (Å²) in [6, 6.07) is 17.4. The number of hydrogen-bond donors (Lipinski definition) is 1. The van der Waals surface area contributed by atoms with Crippen molar-refractivity contribution in [1.82, 2.24) is 9.97 Å². The lowest BCUT2D eigenvalue weighted by atomic mass is 10.1. The van der Waals surface area contributed by atoms with Gasteiger partial charge in [-0.05, 0) is 67.4 Å². The molecule has 0 aliphatic heterocycles. The van der Waals surface area contributed by atoms with E-state index in [0.717, 1.165) is 33.4 Å². The number of anilines is 1. The van der Waals surface area contributed by atoms with Crippen LogP contribution in [0.2, 0.25) is 5.02 Å². The SMILES string of the molecule is Cc1cc2c(CN(C(=O)c3ccncc3C)c3ccc(Cl)cc3)cccc2[nH]1. The van der Waals surface area contributed by atoms with Gasteiger partial charge in [-0.2, -0.15) is 0 Å². The minimum atomic E-state index is -0.0634. The average Bonchev–Trinajstić information content (AvgIpc) is 3.08. The summed E-state index contributed by atoms with van der Waals surface area (Å²) in [5.41, 5.74) is 5.53. The molecule has 4 rings (SSSR count). The van der Waals surface area contributed by atoms with Gasteiger partial charge in [-0.25, -0.2) is 0 Å². The second-order valence-corrected chi connectivity index (χ2v) is 7.33. The summed E-state index contributed by atoms with van der Waals surface area (Å²) in [6.07, 6.45) is 3.36. The van der Waals surface area contributed by atoms with Crippen LogP contribution < -0.4 is 4.90 Å². The van der Waals surface area contributed by atoms with E-state index in [9.17, 15) is 4.79 Å². The molecule has 4 aromatic rings. The van der Waals surface area contributed by atoms with E-state index in [4.69, 9.17) is 11.6 Å². The van der Waals surface area contributed by atoms with Crippen molar-refractivity contribution in [3.05, 3.63) is 94.4 Å². The van der Waals surface area contributed by atoms with Gasteiger partial charge in [0.15, 0.2) is 0 Å². The highest BCUT2D eigenvalue weighted by Gasteiger charge is 2.21. The quantitative estimate of drug-likeness (QED) is 0.488. The van der Waals surface area contributed by atoms with Gasteiger partial charge >= 0.3 is 0 Å². The molecule has 140 valence electrons. The lowest BCUT2D eigenvalue weighted by Crippen LogP contribution is -2.31. The number of nitrogens with one attached hydrogen (secondary N) is 1. The molecule has 2 aromatic heterocycles. The van der Waals surface area contributed by atoms with Gasteiger partial charge in [0.2, 0.25) is 0 Å². The summed E-state index contributed by atoms with van der Waals surface area (Å²) in [5, 5.41) is 1.76. The number of H-pyrrole nitrogens is 1. The summed E-state index contributed by atoms with van der Waals surface area (Å²) >= 11 is 6.06. The van der Waals surface area contributed by atoms with Crippen LogP contribution in [0, 0.1) is 13.8 Å². The topological polar surface area (TPSA) is 49.0 Å². The number of carbonyl (C=O) groups is 1.